The lowest BCUT2D eigenvalue weighted by Crippen LogP contribution is -2.23. The van der Waals surface area contributed by atoms with Gasteiger partial charge in [-0.05, 0) is 18.9 Å². The van der Waals surface area contributed by atoms with Crippen LogP contribution in [0.25, 0.3) is 0 Å². The molecular formula is C8H20N2O. The second-order valence-electron chi connectivity index (χ2n) is 2.83. The summed E-state index contributed by atoms with van der Waals surface area (Å²) in [4.78, 5) is 4.98. The molecule has 0 aromatic heterocycles. The highest BCUT2D eigenvalue weighted by Crippen LogP contribution is 2.05. The first-order chi connectivity index (χ1) is 5.24. The van der Waals surface area contributed by atoms with Gasteiger partial charge in [-0.1, -0.05) is 13.3 Å². The van der Waals surface area contributed by atoms with Gasteiger partial charge in [0.25, 0.3) is 0 Å². The van der Waals surface area contributed by atoms with Gasteiger partial charge in [0.1, 0.15) is 0 Å². The smallest absolute Gasteiger partial charge is 0.0575 e. The quantitative estimate of drug-likeness (QED) is 0.586. The maximum absolute atomic E-state index is 5.55. The molecule has 1 unspecified atom stereocenters. The summed E-state index contributed by atoms with van der Waals surface area (Å²) in [6.45, 7) is 3.92. The lowest BCUT2D eigenvalue weighted by molar-refractivity contribution is -0.111. The normalized spacial score (nSPS) is 13.9. The molecule has 0 aliphatic rings. The maximum atomic E-state index is 5.55. The lowest BCUT2D eigenvalue weighted by Gasteiger charge is -2.17. The zero-order valence-corrected chi connectivity index (χ0v) is 7.84. The fraction of sp³-hybridized carbons (Fsp3) is 1.00. The van der Waals surface area contributed by atoms with Crippen LogP contribution in [0.5, 0.6) is 0 Å². The molecule has 0 spiro atoms. The molecule has 0 saturated heterocycles. The SMILES string of the molecule is CCC(CN)CCN(C)OC. The molecule has 0 aromatic carbocycles. The van der Waals surface area contributed by atoms with E-state index in [0.717, 1.165) is 25.9 Å². The molecule has 1 atom stereocenters. The van der Waals surface area contributed by atoms with Crippen LogP contribution < -0.4 is 5.73 Å². The summed E-state index contributed by atoms with van der Waals surface area (Å²) in [6, 6.07) is 0. The Kier molecular flexibility index (Phi) is 6.51. The molecule has 0 aliphatic heterocycles. The minimum atomic E-state index is 0.646. The predicted octanol–water partition coefficient (Wildman–Crippen LogP) is 0.855. The third-order valence-electron chi connectivity index (χ3n) is 2.07. The standard InChI is InChI=1S/C8H20N2O/c1-4-8(7-9)5-6-10(2)11-3/h8H,4-7,9H2,1-3H3. The van der Waals surface area contributed by atoms with Crippen LogP contribution in [0.15, 0.2) is 0 Å². The second-order valence-corrected chi connectivity index (χ2v) is 2.83. The van der Waals surface area contributed by atoms with Gasteiger partial charge in [-0.15, -0.1) is 0 Å². The van der Waals surface area contributed by atoms with Crippen molar-refractivity contribution in [3.05, 3.63) is 0 Å². The molecule has 2 N–H and O–H groups in total. The van der Waals surface area contributed by atoms with Crippen molar-refractivity contribution in [2.75, 3.05) is 27.2 Å². The van der Waals surface area contributed by atoms with Gasteiger partial charge in [-0.25, -0.2) is 0 Å². The highest BCUT2D eigenvalue weighted by atomic mass is 16.7. The van der Waals surface area contributed by atoms with Gasteiger partial charge in [0.15, 0.2) is 0 Å². The highest BCUT2D eigenvalue weighted by Gasteiger charge is 2.04. The van der Waals surface area contributed by atoms with Crippen molar-refractivity contribution < 1.29 is 4.84 Å². The number of rotatable bonds is 6. The molecule has 11 heavy (non-hydrogen) atoms. The Morgan fingerprint density at radius 1 is 1.55 bits per heavy atom. The molecular weight excluding hydrogens is 140 g/mol. The summed E-state index contributed by atoms with van der Waals surface area (Å²) >= 11 is 0. The molecule has 0 rings (SSSR count). The van der Waals surface area contributed by atoms with Crippen molar-refractivity contribution in [3.8, 4) is 0 Å². The number of nitrogens with zero attached hydrogens (tertiary/aromatic N) is 1. The van der Waals surface area contributed by atoms with Crippen LogP contribution in [0.1, 0.15) is 19.8 Å². The Morgan fingerprint density at radius 2 is 2.18 bits per heavy atom. The topological polar surface area (TPSA) is 38.5 Å². The van der Waals surface area contributed by atoms with Crippen LogP contribution in [0.2, 0.25) is 0 Å². The molecule has 3 nitrogen and oxygen atoms in total. The number of hydrogen-bond donors (Lipinski definition) is 1. The fourth-order valence-corrected chi connectivity index (χ4v) is 0.944. The first kappa shape index (κ1) is 10.9. The molecule has 0 heterocycles. The summed E-state index contributed by atoms with van der Waals surface area (Å²) in [5, 5.41) is 1.83. The number of hydroxylamine groups is 2. The van der Waals surface area contributed by atoms with E-state index in [2.05, 4.69) is 6.92 Å². The molecule has 0 fully saturated rings. The van der Waals surface area contributed by atoms with Crippen molar-refractivity contribution in [2.24, 2.45) is 11.7 Å². The Bertz CT molecular complexity index is 84.2. The minimum absolute atomic E-state index is 0.646. The zero-order chi connectivity index (χ0) is 8.69. The lowest BCUT2D eigenvalue weighted by atomic mass is 10.0. The van der Waals surface area contributed by atoms with Crippen LogP contribution in [-0.4, -0.2) is 32.3 Å². The van der Waals surface area contributed by atoms with Crippen LogP contribution in [0.4, 0.5) is 0 Å². The van der Waals surface area contributed by atoms with E-state index >= 15 is 0 Å². The van der Waals surface area contributed by atoms with Crippen LogP contribution in [0, 0.1) is 5.92 Å². The van der Waals surface area contributed by atoms with E-state index < -0.39 is 0 Å². The summed E-state index contributed by atoms with van der Waals surface area (Å²) in [5.74, 6) is 0.646. The first-order valence-electron chi connectivity index (χ1n) is 4.19. The molecule has 0 aliphatic carbocycles. The second kappa shape index (κ2) is 6.58. The predicted molar refractivity (Wildman–Crippen MR) is 47.1 cm³/mol. The average Bonchev–Trinajstić information content (AvgIpc) is 2.06. The minimum Gasteiger partial charge on any atom is -0.330 e. The first-order valence-corrected chi connectivity index (χ1v) is 4.19. The van der Waals surface area contributed by atoms with E-state index in [4.69, 9.17) is 10.6 Å². The summed E-state index contributed by atoms with van der Waals surface area (Å²) in [7, 11) is 3.62. The van der Waals surface area contributed by atoms with Gasteiger partial charge in [-0.3, -0.25) is 0 Å². The van der Waals surface area contributed by atoms with E-state index in [1.54, 1.807) is 7.11 Å². The number of nitrogens with two attached hydrogens (primary N) is 1. The Balaban J connectivity index is 3.34. The van der Waals surface area contributed by atoms with Gasteiger partial charge in [0.2, 0.25) is 0 Å². The van der Waals surface area contributed by atoms with Gasteiger partial charge in [0.05, 0.1) is 7.11 Å². The maximum Gasteiger partial charge on any atom is 0.0575 e. The molecule has 0 bridgehead atoms. The van der Waals surface area contributed by atoms with Crippen molar-refractivity contribution in [3.63, 3.8) is 0 Å². The van der Waals surface area contributed by atoms with E-state index in [-0.39, 0.29) is 0 Å². The monoisotopic (exact) mass is 160 g/mol. The van der Waals surface area contributed by atoms with Crippen molar-refractivity contribution in [2.45, 2.75) is 19.8 Å². The van der Waals surface area contributed by atoms with Crippen LogP contribution in [-0.2, 0) is 4.84 Å². The third kappa shape index (κ3) is 5.18. The van der Waals surface area contributed by atoms with Crippen molar-refractivity contribution >= 4 is 0 Å². The fourth-order valence-electron chi connectivity index (χ4n) is 0.944. The van der Waals surface area contributed by atoms with E-state index in [9.17, 15) is 0 Å². The molecule has 0 saturated carbocycles. The molecule has 0 amide bonds. The molecule has 3 heteroatoms. The van der Waals surface area contributed by atoms with Gasteiger partial charge >= 0.3 is 0 Å². The molecule has 68 valence electrons. The van der Waals surface area contributed by atoms with Gasteiger partial charge < -0.3 is 10.6 Å². The highest BCUT2D eigenvalue weighted by molar-refractivity contribution is 4.57. The van der Waals surface area contributed by atoms with Crippen molar-refractivity contribution in [1.82, 2.24) is 5.06 Å². The Labute approximate surface area is 69.5 Å². The summed E-state index contributed by atoms with van der Waals surface area (Å²) < 4.78 is 0. The number of hydrogen-bond acceptors (Lipinski definition) is 3. The van der Waals surface area contributed by atoms with E-state index in [1.165, 1.54) is 0 Å². The van der Waals surface area contributed by atoms with Crippen LogP contribution in [0.3, 0.4) is 0 Å². The summed E-state index contributed by atoms with van der Waals surface area (Å²) in [6.07, 6.45) is 2.28. The Morgan fingerprint density at radius 3 is 2.55 bits per heavy atom. The van der Waals surface area contributed by atoms with Crippen LogP contribution >= 0.6 is 0 Å². The average molecular weight is 160 g/mol. The van der Waals surface area contributed by atoms with Gasteiger partial charge in [0, 0.05) is 13.6 Å². The molecule has 0 aromatic rings. The van der Waals surface area contributed by atoms with Crippen molar-refractivity contribution in [1.29, 1.82) is 0 Å². The van der Waals surface area contributed by atoms with E-state index in [0.29, 0.717) is 5.92 Å². The zero-order valence-electron chi connectivity index (χ0n) is 7.84. The Hall–Kier alpha value is -0.120. The van der Waals surface area contributed by atoms with Gasteiger partial charge in [-0.2, -0.15) is 5.06 Å². The summed E-state index contributed by atoms with van der Waals surface area (Å²) in [5.41, 5.74) is 5.55. The largest absolute Gasteiger partial charge is 0.330 e. The third-order valence-corrected chi connectivity index (χ3v) is 2.07. The molecule has 0 radical (unpaired) electrons. The van der Waals surface area contributed by atoms with E-state index in [1.807, 2.05) is 12.1 Å².